The summed E-state index contributed by atoms with van der Waals surface area (Å²) in [6.07, 6.45) is 1.64. The molecule has 1 amide bonds. The lowest BCUT2D eigenvalue weighted by Gasteiger charge is -2.10. The van der Waals surface area contributed by atoms with Gasteiger partial charge in [-0.15, -0.1) is 5.10 Å². The first-order chi connectivity index (χ1) is 11.7. The van der Waals surface area contributed by atoms with Crippen LogP contribution in [0.15, 0.2) is 60.9 Å². The van der Waals surface area contributed by atoms with E-state index >= 15 is 0 Å². The Morgan fingerprint density at radius 2 is 1.83 bits per heavy atom. The Bertz CT molecular complexity index is 1030. The maximum absolute atomic E-state index is 12.3. The third-order valence-corrected chi connectivity index (χ3v) is 3.87. The van der Waals surface area contributed by atoms with Gasteiger partial charge in [0, 0.05) is 10.9 Å². The minimum Gasteiger partial charge on any atom is -0.342 e. The summed E-state index contributed by atoms with van der Waals surface area (Å²) < 4.78 is 1.64. The molecule has 0 bridgehead atoms. The van der Waals surface area contributed by atoms with Crippen molar-refractivity contribution in [3.63, 3.8) is 0 Å². The zero-order chi connectivity index (χ0) is 16.5. The quantitative estimate of drug-likeness (QED) is 0.630. The van der Waals surface area contributed by atoms with Gasteiger partial charge in [0.05, 0.1) is 11.6 Å². The van der Waals surface area contributed by atoms with E-state index in [1.54, 1.807) is 23.0 Å². The highest BCUT2D eigenvalue weighted by molar-refractivity contribution is 5.94. The third-order valence-electron chi connectivity index (χ3n) is 3.87. The highest BCUT2D eigenvalue weighted by Crippen LogP contribution is 2.18. The molecule has 0 aliphatic rings. The van der Waals surface area contributed by atoms with E-state index in [2.05, 4.69) is 20.4 Å². The first-order valence-electron chi connectivity index (χ1n) is 7.68. The minimum absolute atomic E-state index is 0.148. The molecule has 0 saturated carbocycles. The van der Waals surface area contributed by atoms with E-state index in [0.29, 0.717) is 11.4 Å². The molecule has 4 aromatic rings. The van der Waals surface area contributed by atoms with Crippen LogP contribution in [0.4, 0.5) is 0 Å². The second-order valence-corrected chi connectivity index (χ2v) is 5.56. The van der Waals surface area contributed by atoms with Crippen LogP contribution in [-0.4, -0.2) is 25.5 Å². The van der Waals surface area contributed by atoms with Crippen molar-refractivity contribution in [1.29, 1.82) is 0 Å². The Morgan fingerprint density at radius 3 is 2.67 bits per heavy atom. The molecule has 0 spiro atoms. The predicted octanol–water partition coefficient (Wildman–Crippen LogP) is 2.77. The molecule has 0 aliphatic carbocycles. The standard InChI is InChI=1S/C18H15N5O/c1-12(20-18(24)13-7-3-2-4-8-13)16-21-17-14-9-5-6-10-15(14)19-11-23(17)22-16/h2-12H,1H3,(H,20,24)/t12-/m0/s1. The van der Waals surface area contributed by atoms with Crippen LogP contribution in [0.5, 0.6) is 0 Å². The summed E-state index contributed by atoms with van der Waals surface area (Å²) in [7, 11) is 0. The smallest absolute Gasteiger partial charge is 0.251 e. The number of nitrogens with one attached hydrogen (secondary N) is 1. The molecule has 24 heavy (non-hydrogen) atoms. The molecule has 2 aromatic heterocycles. The number of hydrogen-bond donors (Lipinski definition) is 1. The summed E-state index contributed by atoms with van der Waals surface area (Å²) in [5, 5.41) is 8.29. The Morgan fingerprint density at radius 1 is 1.08 bits per heavy atom. The third kappa shape index (κ3) is 2.48. The molecule has 6 nitrogen and oxygen atoms in total. The number of aromatic nitrogens is 4. The maximum atomic E-state index is 12.3. The van der Waals surface area contributed by atoms with E-state index in [1.807, 2.05) is 49.4 Å². The van der Waals surface area contributed by atoms with E-state index in [9.17, 15) is 4.79 Å². The van der Waals surface area contributed by atoms with E-state index in [0.717, 1.165) is 16.6 Å². The van der Waals surface area contributed by atoms with Gasteiger partial charge in [-0.2, -0.15) is 0 Å². The number of benzene rings is 2. The van der Waals surface area contributed by atoms with Gasteiger partial charge in [0.25, 0.3) is 5.91 Å². The van der Waals surface area contributed by atoms with Gasteiger partial charge in [0.2, 0.25) is 0 Å². The topological polar surface area (TPSA) is 72.2 Å². The highest BCUT2D eigenvalue weighted by Gasteiger charge is 2.16. The van der Waals surface area contributed by atoms with Crippen molar-refractivity contribution >= 4 is 22.5 Å². The molecule has 4 rings (SSSR count). The molecule has 0 radical (unpaired) electrons. The highest BCUT2D eigenvalue weighted by atomic mass is 16.1. The second kappa shape index (κ2) is 5.73. The van der Waals surface area contributed by atoms with Crippen LogP contribution in [0, 0.1) is 0 Å². The number of carbonyl (C=O) groups is 1. The van der Waals surface area contributed by atoms with Crippen molar-refractivity contribution in [2.24, 2.45) is 0 Å². The van der Waals surface area contributed by atoms with Gasteiger partial charge < -0.3 is 5.32 Å². The lowest BCUT2D eigenvalue weighted by molar-refractivity contribution is 0.0938. The Kier molecular flexibility index (Phi) is 3.42. The number of rotatable bonds is 3. The van der Waals surface area contributed by atoms with Gasteiger partial charge in [0.15, 0.2) is 11.5 Å². The molecule has 0 aliphatic heterocycles. The lowest BCUT2D eigenvalue weighted by atomic mass is 10.2. The summed E-state index contributed by atoms with van der Waals surface area (Å²) in [4.78, 5) is 21.2. The number of hydrogen-bond acceptors (Lipinski definition) is 4. The first-order valence-corrected chi connectivity index (χ1v) is 7.68. The Labute approximate surface area is 138 Å². The molecule has 118 valence electrons. The monoisotopic (exact) mass is 317 g/mol. The van der Waals surface area contributed by atoms with Crippen LogP contribution in [0.25, 0.3) is 16.6 Å². The van der Waals surface area contributed by atoms with E-state index in [-0.39, 0.29) is 11.9 Å². The zero-order valence-corrected chi connectivity index (χ0v) is 13.0. The maximum Gasteiger partial charge on any atom is 0.251 e. The number of carbonyl (C=O) groups excluding carboxylic acids is 1. The molecular weight excluding hydrogens is 302 g/mol. The van der Waals surface area contributed by atoms with Crippen molar-refractivity contribution in [3.8, 4) is 0 Å². The molecule has 1 N–H and O–H groups in total. The summed E-state index contributed by atoms with van der Waals surface area (Å²) in [5.41, 5.74) is 2.21. The van der Waals surface area contributed by atoms with Gasteiger partial charge >= 0.3 is 0 Å². The number of nitrogens with zero attached hydrogens (tertiary/aromatic N) is 4. The fourth-order valence-electron chi connectivity index (χ4n) is 2.61. The second-order valence-electron chi connectivity index (χ2n) is 5.56. The number of para-hydroxylation sites is 1. The SMILES string of the molecule is C[C@H](NC(=O)c1ccccc1)c1nc2c3ccccc3ncn2n1. The molecular formula is C18H15N5O. The summed E-state index contributed by atoms with van der Waals surface area (Å²) in [6, 6.07) is 16.6. The Hall–Kier alpha value is -3.28. The van der Waals surface area contributed by atoms with Crippen LogP contribution in [0.3, 0.4) is 0 Å². The van der Waals surface area contributed by atoms with Gasteiger partial charge in [0.1, 0.15) is 6.33 Å². The van der Waals surface area contributed by atoms with Gasteiger partial charge in [-0.05, 0) is 31.2 Å². The number of fused-ring (bicyclic) bond motifs is 3. The minimum atomic E-state index is -0.309. The van der Waals surface area contributed by atoms with Crippen LogP contribution >= 0.6 is 0 Å². The van der Waals surface area contributed by atoms with Crippen LogP contribution in [-0.2, 0) is 0 Å². The average Bonchev–Trinajstić information content (AvgIpc) is 3.07. The van der Waals surface area contributed by atoms with E-state index < -0.39 is 0 Å². The van der Waals surface area contributed by atoms with Crippen molar-refractivity contribution < 1.29 is 4.79 Å². The van der Waals surface area contributed by atoms with Crippen LogP contribution in [0.1, 0.15) is 29.1 Å². The Balaban J connectivity index is 1.66. The molecule has 6 heteroatoms. The van der Waals surface area contributed by atoms with Crippen molar-refractivity contribution in [2.75, 3.05) is 0 Å². The molecule has 2 aromatic carbocycles. The molecule has 0 fully saturated rings. The molecule has 2 heterocycles. The summed E-state index contributed by atoms with van der Waals surface area (Å²) in [5.74, 6) is 0.405. The number of amides is 1. The van der Waals surface area contributed by atoms with Gasteiger partial charge in [-0.3, -0.25) is 4.79 Å². The van der Waals surface area contributed by atoms with Crippen molar-refractivity contribution in [2.45, 2.75) is 13.0 Å². The fourth-order valence-corrected chi connectivity index (χ4v) is 2.61. The van der Waals surface area contributed by atoms with Crippen LogP contribution < -0.4 is 5.32 Å². The van der Waals surface area contributed by atoms with Gasteiger partial charge in [-0.1, -0.05) is 30.3 Å². The first kappa shape index (κ1) is 14.3. The normalized spacial score (nSPS) is 12.4. The van der Waals surface area contributed by atoms with Crippen molar-refractivity contribution in [1.82, 2.24) is 24.9 Å². The molecule has 0 unspecified atom stereocenters. The molecule has 0 saturated heterocycles. The zero-order valence-electron chi connectivity index (χ0n) is 13.0. The van der Waals surface area contributed by atoms with Crippen LogP contribution in [0.2, 0.25) is 0 Å². The largest absolute Gasteiger partial charge is 0.342 e. The van der Waals surface area contributed by atoms with E-state index in [4.69, 9.17) is 0 Å². The van der Waals surface area contributed by atoms with Crippen molar-refractivity contribution in [3.05, 3.63) is 72.3 Å². The molecule has 1 atom stereocenters. The summed E-state index contributed by atoms with van der Waals surface area (Å²) in [6.45, 7) is 1.87. The average molecular weight is 317 g/mol. The van der Waals surface area contributed by atoms with E-state index in [1.165, 1.54) is 0 Å². The van der Waals surface area contributed by atoms with Gasteiger partial charge in [-0.25, -0.2) is 14.5 Å². The lowest BCUT2D eigenvalue weighted by Crippen LogP contribution is -2.27. The summed E-state index contributed by atoms with van der Waals surface area (Å²) >= 11 is 0. The fraction of sp³-hybridized carbons (Fsp3) is 0.111. The predicted molar refractivity (Wildman–Crippen MR) is 90.6 cm³/mol.